The van der Waals surface area contributed by atoms with Crippen LogP contribution in [0.1, 0.15) is 33.0 Å². The molecule has 1 aliphatic rings. The maximum absolute atomic E-state index is 9.70. The lowest BCUT2D eigenvalue weighted by atomic mass is 9.95. The van der Waals surface area contributed by atoms with Gasteiger partial charge in [-0.15, -0.1) is 0 Å². The van der Waals surface area contributed by atoms with Crippen molar-refractivity contribution in [2.45, 2.75) is 38.7 Å². The Hall–Kier alpha value is -1.69. The van der Waals surface area contributed by atoms with Crippen molar-refractivity contribution in [3.63, 3.8) is 0 Å². The lowest BCUT2D eigenvalue weighted by Gasteiger charge is -2.22. The van der Waals surface area contributed by atoms with Crippen LogP contribution in [-0.4, -0.2) is 44.5 Å². The molecule has 0 unspecified atom stereocenters. The minimum absolute atomic E-state index is 0.119. The largest absolute Gasteiger partial charge is 0.391 e. The summed E-state index contributed by atoms with van der Waals surface area (Å²) in [5, 5.41) is 17.6. The molecular formula is C13H19N5O. The zero-order valence-electron chi connectivity index (χ0n) is 11.5. The summed E-state index contributed by atoms with van der Waals surface area (Å²) >= 11 is 0. The molecule has 0 radical (unpaired) electrons. The lowest BCUT2D eigenvalue weighted by molar-refractivity contribution is 0.198. The molecule has 0 spiro atoms. The SMILES string of the molecule is CC(C)(C)c1nc(N2CC[C@H](O)C2)c2cn[nH]c2n1. The fourth-order valence-electron chi connectivity index (χ4n) is 2.33. The summed E-state index contributed by atoms with van der Waals surface area (Å²) in [4.78, 5) is 11.4. The van der Waals surface area contributed by atoms with Gasteiger partial charge < -0.3 is 10.0 Å². The predicted octanol–water partition coefficient (Wildman–Crippen LogP) is 1.22. The Balaban J connectivity index is 2.13. The van der Waals surface area contributed by atoms with Crippen LogP contribution in [0.3, 0.4) is 0 Å². The fraction of sp³-hybridized carbons (Fsp3) is 0.615. The first-order chi connectivity index (χ1) is 8.95. The summed E-state index contributed by atoms with van der Waals surface area (Å²) in [6, 6.07) is 0. The summed E-state index contributed by atoms with van der Waals surface area (Å²) in [6.45, 7) is 7.72. The van der Waals surface area contributed by atoms with Gasteiger partial charge in [-0.05, 0) is 6.42 Å². The summed E-state index contributed by atoms with van der Waals surface area (Å²) in [6.07, 6.45) is 2.27. The topological polar surface area (TPSA) is 77.9 Å². The third kappa shape index (κ3) is 2.16. The number of nitrogens with one attached hydrogen (secondary N) is 1. The highest BCUT2D eigenvalue weighted by molar-refractivity contribution is 5.86. The van der Waals surface area contributed by atoms with Gasteiger partial charge in [-0.25, -0.2) is 9.97 Å². The van der Waals surface area contributed by atoms with E-state index in [9.17, 15) is 5.11 Å². The Labute approximate surface area is 111 Å². The Bertz CT molecular complexity index is 601. The Kier molecular flexibility index (Phi) is 2.70. The van der Waals surface area contributed by atoms with E-state index >= 15 is 0 Å². The molecule has 6 heteroatoms. The van der Waals surface area contributed by atoms with Gasteiger partial charge in [0.05, 0.1) is 17.7 Å². The number of nitrogens with zero attached hydrogens (tertiary/aromatic N) is 4. The van der Waals surface area contributed by atoms with Gasteiger partial charge in [0.2, 0.25) is 0 Å². The van der Waals surface area contributed by atoms with E-state index in [1.54, 1.807) is 6.20 Å². The minimum Gasteiger partial charge on any atom is -0.391 e. The van der Waals surface area contributed by atoms with Crippen LogP contribution in [-0.2, 0) is 5.41 Å². The highest BCUT2D eigenvalue weighted by Crippen LogP contribution is 2.29. The molecule has 1 saturated heterocycles. The number of H-pyrrole nitrogens is 1. The van der Waals surface area contributed by atoms with Crippen molar-refractivity contribution in [1.29, 1.82) is 0 Å². The number of rotatable bonds is 1. The molecule has 1 fully saturated rings. The van der Waals surface area contributed by atoms with Crippen LogP contribution in [0.2, 0.25) is 0 Å². The molecule has 2 N–H and O–H groups in total. The van der Waals surface area contributed by atoms with Crippen LogP contribution in [0, 0.1) is 0 Å². The van der Waals surface area contributed by atoms with E-state index < -0.39 is 0 Å². The number of anilines is 1. The molecule has 3 heterocycles. The predicted molar refractivity (Wildman–Crippen MR) is 73.2 cm³/mol. The first-order valence-corrected chi connectivity index (χ1v) is 6.60. The highest BCUT2D eigenvalue weighted by atomic mass is 16.3. The molecule has 102 valence electrons. The van der Waals surface area contributed by atoms with Gasteiger partial charge in [0.1, 0.15) is 11.6 Å². The smallest absolute Gasteiger partial charge is 0.161 e. The monoisotopic (exact) mass is 261 g/mol. The third-order valence-corrected chi connectivity index (χ3v) is 3.42. The zero-order chi connectivity index (χ0) is 13.6. The molecule has 1 atom stereocenters. The zero-order valence-corrected chi connectivity index (χ0v) is 11.5. The average molecular weight is 261 g/mol. The summed E-state index contributed by atoms with van der Waals surface area (Å²) in [5.74, 6) is 1.67. The van der Waals surface area contributed by atoms with Crippen molar-refractivity contribution in [3.05, 3.63) is 12.0 Å². The molecule has 0 aliphatic carbocycles. The van der Waals surface area contributed by atoms with Gasteiger partial charge in [0, 0.05) is 18.5 Å². The second-order valence-electron chi connectivity index (χ2n) is 6.14. The lowest BCUT2D eigenvalue weighted by Crippen LogP contribution is -2.25. The Morgan fingerprint density at radius 3 is 2.79 bits per heavy atom. The number of aromatic amines is 1. The quantitative estimate of drug-likeness (QED) is 0.807. The number of β-amino-alcohol motifs (C(OH)–C–C–N with tert-alkyl or cyclic N) is 1. The molecule has 3 rings (SSSR count). The first kappa shape index (κ1) is 12.3. The van der Waals surface area contributed by atoms with E-state index in [0.717, 1.165) is 35.6 Å². The average Bonchev–Trinajstić information content (AvgIpc) is 2.94. The van der Waals surface area contributed by atoms with E-state index in [1.165, 1.54) is 0 Å². The van der Waals surface area contributed by atoms with Crippen molar-refractivity contribution in [1.82, 2.24) is 20.2 Å². The molecule has 6 nitrogen and oxygen atoms in total. The molecule has 0 amide bonds. The Morgan fingerprint density at radius 2 is 2.16 bits per heavy atom. The number of aromatic nitrogens is 4. The molecular weight excluding hydrogens is 242 g/mol. The number of fused-ring (bicyclic) bond motifs is 1. The minimum atomic E-state index is -0.269. The molecule has 1 aliphatic heterocycles. The van der Waals surface area contributed by atoms with Crippen molar-refractivity contribution >= 4 is 16.9 Å². The van der Waals surface area contributed by atoms with E-state index in [0.29, 0.717) is 6.54 Å². The number of aliphatic hydroxyl groups is 1. The molecule has 19 heavy (non-hydrogen) atoms. The Morgan fingerprint density at radius 1 is 1.37 bits per heavy atom. The maximum Gasteiger partial charge on any atom is 0.161 e. The summed E-state index contributed by atoms with van der Waals surface area (Å²) in [7, 11) is 0. The summed E-state index contributed by atoms with van der Waals surface area (Å²) in [5.41, 5.74) is 0.642. The van der Waals surface area contributed by atoms with Crippen LogP contribution >= 0.6 is 0 Å². The van der Waals surface area contributed by atoms with Gasteiger partial charge in [-0.1, -0.05) is 20.8 Å². The van der Waals surface area contributed by atoms with Crippen molar-refractivity contribution in [2.75, 3.05) is 18.0 Å². The van der Waals surface area contributed by atoms with E-state index in [1.807, 2.05) is 0 Å². The van der Waals surface area contributed by atoms with Crippen molar-refractivity contribution in [2.24, 2.45) is 0 Å². The normalized spacial score (nSPS) is 20.4. The van der Waals surface area contributed by atoms with E-state index in [4.69, 9.17) is 4.98 Å². The van der Waals surface area contributed by atoms with Crippen LogP contribution in [0.15, 0.2) is 6.20 Å². The second kappa shape index (κ2) is 4.16. The number of hydrogen-bond donors (Lipinski definition) is 2. The van der Waals surface area contributed by atoms with Gasteiger partial charge in [0.15, 0.2) is 5.65 Å². The molecule has 0 bridgehead atoms. The summed E-state index contributed by atoms with van der Waals surface area (Å²) < 4.78 is 0. The van der Waals surface area contributed by atoms with Crippen molar-refractivity contribution in [3.8, 4) is 0 Å². The van der Waals surface area contributed by atoms with Gasteiger partial charge in [0.25, 0.3) is 0 Å². The number of aliphatic hydroxyl groups excluding tert-OH is 1. The molecule has 2 aromatic heterocycles. The van der Waals surface area contributed by atoms with Crippen LogP contribution in [0.25, 0.3) is 11.0 Å². The van der Waals surface area contributed by atoms with E-state index in [2.05, 4.69) is 40.9 Å². The van der Waals surface area contributed by atoms with Crippen LogP contribution in [0.5, 0.6) is 0 Å². The van der Waals surface area contributed by atoms with Gasteiger partial charge in [-0.3, -0.25) is 5.10 Å². The van der Waals surface area contributed by atoms with Gasteiger partial charge >= 0.3 is 0 Å². The first-order valence-electron chi connectivity index (χ1n) is 6.60. The third-order valence-electron chi connectivity index (χ3n) is 3.42. The van der Waals surface area contributed by atoms with Crippen LogP contribution in [0.4, 0.5) is 5.82 Å². The van der Waals surface area contributed by atoms with Crippen LogP contribution < -0.4 is 4.90 Å². The maximum atomic E-state index is 9.70. The van der Waals surface area contributed by atoms with E-state index in [-0.39, 0.29) is 11.5 Å². The van der Waals surface area contributed by atoms with Crippen molar-refractivity contribution < 1.29 is 5.11 Å². The molecule has 2 aromatic rings. The molecule has 0 saturated carbocycles. The standard InChI is InChI=1S/C13H19N5O/c1-13(2,3)12-15-10-9(6-14-17-10)11(16-12)18-5-4-8(19)7-18/h6,8,19H,4-5,7H2,1-3H3,(H,14,15,16,17)/t8-/m0/s1. The van der Waals surface area contributed by atoms with Gasteiger partial charge in [-0.2, -0.15) is 5.10 Å². The second-order valence-corrected chi connectivity index (χ2v) is 6.14. The fourth-order valence-corrected chi connectivity index (χ4v) is 2.33. The number of hydrogen-bond acceptors (Lipinski definition) is 5. The highest BCUT2D eigenvalue weighted by Gasteiger charge is 2.26. The molecule has 0 aromatic carbocycles.